The second-order valence-corrected chi connectivity index (χ2v) is 17.3. The third-order valence-corrected chi connectivity index (χ3v) is 13.2. The Balaban J connectivity index is 0.962. The van der Waals surface area contributed by atoms with Gasteiger partial charge in [0.15, 0.2) is 0 Å². The third kappa shape index (κ3) is 7.61. The predicted molar refractivity (Wildman–Crippen MR) is 284 cm³/mol. The normalized spacial score (nSPS) is 12.2. The number of para-hydroxylation sites is 1. The van der Waals surface area contributed by atoms with Gasteiger partial charge in [0, 0.05) is 33.7 Å². The molecule has 0 fully saturated rings. The maximum absolute atomic E-state index is 3.45. The monoisotopic (exact) mass is 864 g/mol. The summed E-state index contributed by atoms with van der Waals surface area (Å²) in [5.74, 6) is 0. The van der Waals surface area contributed by atoms with E-state index in [1.807, 2.05) is 18.2 Å². The number of rotatable bonds is 10. The van der Waals surface area contributed by atoms with Gasteiger partial charge in [0.2, 0.25) is 0 Å². The second-order valence-electron chi connectivity index (χ2n) is 17.3. The van der Waals surface area contributed by atoms with Crippen LogP contribution < -0.4 is 4.90 Å². The van der Waals surface area contributed by atoms with E-state index in [-0.39, 0.29) is 0 Å². The van der Waals surface area contributed by atoms with Crippen molar-refractivity contribution in [3.63, 3.8) is 0 Å². The molecule has 0 spiro atoms. The van der Waals surface area contributed by atoms with Crippen LogP contribution in [0.25, 0.3) is 88.7 Å². The zero-order chi connectivity index (χ0) is 45.2. The molecule has 0 atom stereocenters. The van der Waals surface area contributed by atoms with E-state index in [4.69, 9.17) is 0 Å². The molecule has 12 rings (SSSR count). The molecule has 0 saturated carbocycles. The minimum atomic E-state index is 0.873. The van der Waals surface area contributed by atoms with Crippen LogP contribution in [0.4, 0.5) is 11.4 Å². The highest BCUT2D eigenvalue weighted by Crippen LogP contribution is 2.45. The molecule has 68 heavy (non-hydrogen) atoms. The first-order valence-electron chi connectivity index (χ1n) is 23.3. The minimum absolute atomic E-state index is 0.873. The Morgan fingerprint density at radius 1 is 0.397 bits per heavy atom. The molecule has 1 aliphatic rings. The fraction of sp³-hybridized carbons (Fsp3) is 0.0303. The largest absolute Gasteiger partial charge is 0.314 e. The zero-order valence-corrected chi connectivity index (χ0v) is 37.4. The van der Waals surface area contributed by atoms with Gasteiger partial charge < -0.3 is 9.47 Å². The molecule has 2 nitrogen and oxygen atoms in total. The molecule has 0 radical (unpaired) electrons. The van der Waals surface area contributed by atoms with Crippen LogP contribution in [-0.2, 0) is 0 Å². The van der Waals surface area contributed by atoms with Gasteiger partial charge in [0.05, 0.1) is 16.4 Å². The smallest absolute Gasteiger partial charge is 0.0631 e. The molecule has 10 aromatic carbocycles. The van der Waals surface area contributed by atoms with E-state index in [1.54, 1.807) is 0 Å². The Kier molecular flexibility index (Phi) is 10.5. The Hall–Kier alpha value is -9.08. The van der Waals surface area contributed by atoms with Crippen LogP contribution in [0, 0.1) is 24.3 Å². The molecule has 0 amide bonds. The van der Waals surface area contributed by atoms with E-state index in [2.05, 4.69) is 258 Å². The number of nitrogens with zero attached hydrogens (tertiary/aromatic N) is 2. The van der Waals surface area contributed by atoms with Crippen molar-refractivity contribution in [2.45, 2.75) is 12.8 Å². The van der Waals surface area contributed by atoms with Gasteiger partial charge in [-0.1, -0.05) is 176 Å². The number of hydrogen-bond acceptors (Lipinski definition) is 1. The van der Waals surface area contributed by atoms with Crippen molar-refractivity contribution in [2.75, 3.05) is 4.90 Å². The number of benzene rings is 8. The average Bonchev–Trinajstić information content (AvgIpc) is 3.76. The highest BCUT2D eigenvalue weighted by Gasteiger charge is 2.22. The summed E-state index contributed by atoms with van der Waals surface area (Å²) in [5.41, 5.74) is 21.1. The highest BCUT2D eigenvalue weighted by molar-refractivity contribution is 6.09. The Bertz CT molecular complexity index is 3550. The Morgan fingerprint density at radius 2 is 0.985 bits per heavy atom. The molecule has 318 valence electrons. The molecular weight excluding hydrogens is 821 g/mol. The van der Waals surface area contributed by atoms with Crippen LogP contribution in [0.1, 0.15) is 18.4 Å². The van der Waals surface area contributed by atoms with Gasteiger partial charge in [0.25, 0.3) is 0 Å². The van der Waals surface area contributed by atoms with Crippen molar-refractivity contribution in [1.29, 1.82) is 0 Å². The van der Waals surface area contributed by atoms with E-state index >= 15 is 0 Å². The van der Waals surface area contributed by atoms with Crippen molar-refractivity contribution in [3.05, 3.63) is 278 Å². The number of hydrogen-bond donors (Lipinski definition) is 0. The zero-order valence-electron chi connectivity index (χ0n) is 37.4. The summed E-state index contributed by atoms with van der Waals surface area (Å²) >= 11 is 0. The summed E-state index contributed by atoms with van der Waals surface area (Å²) in [6.45, 7) is 0. The average molecular weight is 865 g/mol. The molecule has 1 heterocycles. The number of allylic oxidation sites excluding steroid dienone is 4. The van der Waals surface area contributed by atoms with Crippen LogP contribution in [0.3, 0.4) is 0 Å². The fourth-order valence-corrected chi connectivity index (χ4v) is 9.95. The minimum Gasteiger partial charge on any atom is -0.314 e. The van der Waals surface area contributed by atoms with E-state index in [9.17, 15) is 0 Å². The second kappa shape index (κ2) is 17.7. The SMILES string of the molecule is c1cccc(-c2ccc(N(C3=CC=C(c4ccc5c(c4)c4c#cccc4n5-c4ccccc4)CC3)c3ccc(-c4c(-c5ccccc5)cc(-c5ccccc5)cc4-c4ccccc4)cc3)cc2)c#1. The molecule has 0 aliphatic heterocycles. The van der Waals surface area contributed by atoms with E-state index < -0.39 is 0 Å². The molecule has 1 aromatic heterocycles. The molecule has 0 saturated heterocycles. The third-order valence-electron chi connectivity index (χ3n) is 13.2. The van der Waals surface area contributed by atoms with Gasteiger partial charge >= 0.3 is 0 Å². The topological polar surface area (TPSA) is 8.17 Å². The quantitative estimate of drug-likeness (QED) is 0.133. The Morgan fingerprint density at radius 3 is 1.59 bits per heavy atom. The van der Waals surface area contributed by atoms with Crippen LogP contribution >= 0.6 is 0 Å². The first-order valence-corrected chi connectivity index (χ1v) is 23.3. The van der Waals surface area contributed by atoms with Crippen molar-refractivity contribution in [3.8, 4) is 61.3 Å². The van der Waals surface area contributed by atoms with Crippen molar-refractivity contribution < 1.29 is 0 Å². The lowest BCUT2D eigenvalue weighted by Gasteiger charge is -2.30. The number of fused-ring (bicyclic) bond motifs is 3. The molecule has 0 bridgehead atoms. The van der Waals surface area contributed by atoms with Crippen molar-refractivity contribution in [1.82, 2.24) is 4.57 Å². The highest BCUT2D eigenvalue weighted by atomic mass is 15.1. The van der Waals surface area contributed by atoms with Crippen LogP contribution in [0.15, 0.2) is 248 Å². The fourth-order valence-electron chi connectivity index (χ4n) is 9.95. The lowest BCUT2D eigenvalue weighted by Crippen LogP contribution is -2.17. The molecule has 11 aromatic rings. The molecular formula is C66H44N2. The molecule has 1 aliphatic carbocycles. The summed E-state index contributed by atoms with van der Waals surface area (Å²) in [5, 5.41) is 2.27. The first-order chi connectivity index (χ1) is 33.7. The molecule has 0 unspecified atom stereocenters. The van der Waals surface area contributed by atoms with Gasteiger partial charge in [-0.15, -0.1) is 0 Å². The van der Waals surface area contributed by atoms with Gasteiger partial charge in [-0.3, -0.25) is 0 Å². The standard InChI is InChI=1S/C66H44N2/c1-6-18-47(19-7-1)49-30-37-57(38-31-49)67(58-39-32-50(33-40-58)54-36-43-65-63(44-54)60-28-16-17-29-64(60)68(65)56-26-14-5-15-27-56)59-41-34-53(35-42-59)66-61(51-22-10-3-11-23-51)45-55(48-20-8-2-9-21-48)46-62(66)52-24-12-4-13-25-52/h1-6,8-15,17-18,20-27,29-32,34-39,41-46H,33,40H2. The van der Waals surface area contributed by atoms with Gasteiger partial charge in [-0.25, -0.2) is 0 Å². The van der Waals surface area contributed by atoms with E-state index in [1.165, 1.54) is 66.7 Å². The number of anilines is 2. The maximum Gasteiger partial charge on any atom is 0.0631 e. The lowest BCUT2D eigenvalue weighted by atomic mass is 9.84. The van der Waals surface area contributed by atoms with Crippen LogP contribution in [0.5, 0.6) is 0 Å². The summed E-state index contributed by atoms with van der Waals surface area (Å²) in [6, 6.07) is 95.8. The van der Waals surface area contributed by atoms with E-state index in [0.29, 0.717) is 0 Å². The van der Waals surface area contributed by atoms with Gasteiger partial charge in [-0.2, -0.15) is 0 Å². The summed E-state index contributed by atoms with van der Waals surface area (Å²) < 4.78 is 2.33. The summed E-state index contributed by atoms with van der Waals surface area (Å²) in [6.07, 6.45) is 6.42. The van der Waals surface area contributed by atoms with Crippen molar-refractivity contribution >= 4 is 38.8 Å². The predicted octanol–water partition coefficient (Wildman–Crippen LogP) is 17.2. The Labute approximate surface area is 398 Å². The molecule has 0 N–H and O–H groups in total. The summed E-state index contributed by atoms with van der Waals surface area (Å²) in [7, 11) is 0. The van der Waals surface area contributed by atoms with Crippen molar-refractivity contribution in [2.24, 2.45) is 0 Å². The number of aromatic nitrogens is 1. The van der Waals surface area contributed by atoms with Gasteiger partial charge in [-0.05, 0) is 165 Å². The van der Waals surface area contributed by atoms with Crippen LogP contribution in [-0.4, -0.2) is 4.57 Å². The summed E-state index contributed by atoms with van der Waals surface area (Å²) in [4.78, 5) is 2.43. The van der Waals surface area contributed by atoms with E-state index in [0.717, 1.165) is 57.5 Å². The first kappa shape index (κ1) is 40.4. The van der Waals surface area contributed by atoms with Crippen LogP contribution in [0.2, 0.25) is 0 Å². The maximum atomic E-state index is 3.45. The lowest BCUT2D eigenvalue weighted by molar-refractivity contribution is 0.930. The molecule has 2 heteroatoms. The van der Waals surface area contributed by atoms with Gasteiger partial charge in [0.1, 0.15) is 0 Å².